The zero-order valence-corrected chi connectivity index (χ0v) is 11.6. The van der Waals surface area contributed by atoms with E-state index in [4.69, 9.17) is 5.26 Å². The van der Waals surface area contributed by atoms with Gasteiger partial charge in [0.2, 0.25) is 0 Å². The van der Waals surface area contributed by atoms with Crippen molar-refractivity contribution in [3.8, 4) is 6.07 Å². The van der Waals surface area contributed by atoms with Crippen LogP contribution in [0.5, 0.6) is 0 Å². The molecular formula is C11H21N3O2S. The average molecular weight is 259 g/mol. The van der Waals surface area contributed by atoms with Crippen LogP contribution in [-0.4, -0.2) is 42.7 Å². The number of rotatable bonds is 4. The first-order valence-electron chi connectivity index (χ1n) is 6.03. The molecule has 0 saturated carbocycles. The van der Waals surface area contributed by atoms with Crippen molar-refractivity contribution in [1.82, 2.24) is 8.61 Å². The molecule has 0 aliphatic carbocycles. The highest BCUT2D eigenvalue weighted by atomic mass is 32.2. The van der Waals surface area contributed by atoms with Crippen molar-refractivity contribution in [2.75, 3.05) is 19.6 Å². The van der Waals surface area contributed by atoms with Crippen LogP contribution in [0.4, 0.5) is 0 Å². The van der Waals surface area contributed by atoms with Crippen LogP contribution in [0.2, 0.25) is 0 Å². The quantitative estimate of drug-likeness (QED) is 0.713. The molecule has 1 fully saturated rings. The minimum Gasteiger partial charge on any atom is -0.197 e. The van der Waals surface area contributed by atoms with E-state index in [-0.39, 0.29) is 12.6 Å². The molecule has 0 spiro atoms. The van der Waals surface area contributed by atoms with Gasteiger partial charge in [-0.2, -0.15) is 22.3 Å². The summed E-state index contributed by atoms with van der Waals surface area (Å²) >= 11 is 0. The summed E-state index contributed by atoms with van der Waals surface area (Å²) in [7, 11) is -3.46. The summed E-state index contributed by atoms with van der Waals surface area (Å²) in [5.74, 6) is 0.588. The van der Waals surface area contributed by atoms with E-state index in [1.807, 2.05) is 6.07 Å². The van der Waals surface area contributed by atoms with Gasteiger partial charge in [-0.15, -0.1) is 0 Å². The Hall–Kier alpha value is -0.640. The Labute approximate surface area is 104 Å². The van der Waals surface area contributed by atoms with Crippen LogP contribution in [0.15, 0.2) is 0 Å². The highest BCUT2D eigenvalue weighted by Gasteiger charge is 2.33. The fraction of sp³-hybridized carbons (Fsp3) is 0.909. The molecule has 6 heteroatoms. The summed E-state index contributed by atoms with van der Waals surface area (Å²) in [6.07, 6.45) is 1.80. The molecule has 5 nitrogen and oxygen atoms in total. The standard InChI is InChI=1S/C11H21N3O2S/c1-10(2)14(9-6-12)17(15,16)13-7-4-11(3)5-8-13/h10-11H,4-5,7-9H2,1-3H3. The van der Waals surface area contributed by atoms with Gasteiger partial charge in [-0.25, -0.2) is 0 Å². The van der Waals surface area contributed by atoms with E-state index in [2.05, 4.69) is 6.92 Å². The van der Waals surface area contributed by atoms with Crippen molar-refractivity contribution in [1.29, 1.82) is 5.26 Å². The van der Waals surface area contributed by atoms with Gasteiger partial charge in [-0.05, 0) is 32.6 Å². The normalized spacial score (nSPS) is 19.8. The maximum absolute atomic E-state index is 12.3. The van der Waals surface area contributed by atoms with Gasteiger partial charge in [0.1, 0.15) is 6.54 Å². The van der Waals surface area contributed by atoms with Gasteiger partial charge < -0.3 is 0 Å². The van der Waals surface area contributed by atoms with Crippen LogP contribution in [0.3, 0.4) is 0 Å². The van der Waals surface area contributed by atoms with Crippen LogP contribution in [0.1, 0.15) is 33.6 Å². The summed E-state index contributed by atoms with van der Waals surface area (Å²) in [4.78, 5) is 0. The minimum atomic E-state index is -3.46. The minimum absolute atomic E-state index is 0.0773. The van der Waals surface area contributed by atoms with E-state index < -0.39 is 10.2 Å². The Morgan fingerprint density at radius 1 is 1.41 bits per heavy atom. The molecule has 1 heterocycles. The lowest BCUT2D eigenvalue weighted by Crippen LogP contribution is -2.49. The summed E-state index contributed by atoms with van der Waals surface area (Å²) in [6.45, 7) is 6.78. The Balaban J connectivity index is 2.82. The highest BCUT2D eigenvalue weighted by Crippen LogP contribution is 2.21. The molecule has 1 rings (SSSR count). The third-order valence-electron chi connectivity index (χ3n) is 3.17. The second-order valence-corrected chi connectivity index (χ2v) is 6.77. The number of hydrogen-bond acceptors (Lipinski definition) is 3. The number of nitriles is 1. The molecule has 0 amide bonds. The molecule has 17 heavy (non-hydrogen) atoms. The first kappa shape index (κ1) is 14.4. The zero-order valence-electron chi connectivity index (χ0n) is 10.8. The monoisotopic (exact) mass is 259 g/mol. The van der Waals surface area contributed by atoms with Crippen LogP contribution in [-0.2, 0) is 10.2 Å². The van der Waals surface area contributed by atoms with Crippen molar-refractivity contribution in [3.05, 3.63) is 0 Å². The molecule has 0 bridgehead atoms. The van der Waals surface area contributed by atoms with Crippen molar-refractivity contribution >= 4 is 10.2 Å². The molecule has 0 aromatic carbocycles. The van der Waals surface area contributed by atoms with Gasteiger partial charge in [-0.3, -0.25) is 0 Å². The maximum atomic E-state index is 12.3. The summed E-state index contributed by atoms with van der Waals surface area (Å²) in [5.41, 5.74) is 0. The third-order valence-corrected chi connectivity index (χ3v) is 5.33. The zero-order chi connectivity index (χ0) is 13.1. The van der Waals surface area contributed by atoms with Crippen molar-refractivity contribution < 1.29 is 8.42 Å². The van der Waals surface area contributed by atoms with Gasteiger partial charge >= 0.3 is 0 Å². The van der Waals surface area contributed by atoms with Gasteiger partial charge in [0, 0.05) is 19.1 Å². The number of nitrogens with zero attached hydrogens (tertiary/aromatic N) is 3. The molecule has 1 aliphatic rings. The molecule has 0 unspecified atom stereocenters. The topological polar surface area (TPSA) is 64.4 Å². The van der Waals surface area contributed by atoms with E-state index in [1.165, 1.54) is 8.61 Å². The molecule has 1 saturated heterocycles. The third kappa shape index (κ3) is 3.41. The maximum Gasteiger partial charge on any atom is 0.283 e. The number of piperidine rings is 1. The largest absolute Gasteiger partial charge is 0.283 e. The van der Waals surface area contributed by atoms with Crippen LogP contribution < -0.4 is 0 Å². The predicted molar refractivity (Wildman–Crippen MR) is 66.3 cm³/mol. The van der Waals surface area contributed by atoms with Crippen molar-refractivity contribution in [3.63, 3.8) is 0 Å². The summed E-state index contributed by atoms with van der Waals surface area (Å²) in [5, 5.41) is 8.71. The van der Waals surface area contributed by atoms with E-state index in [0.29, 0.717) is 19.0 Å². The highest BCUT2D eigenvalue weighted by molar-refractivity contribution is 7.86. The predicted octanol–water partition coefficient (Wildman–Crippen LogP) is 1.20. The second-order valence-electron chi connectivity index (χ2n) is 4.89. The van der Waals surface area contributed by atoms with Gasteiger partial charge in [0.05, 0.1) is 6.07 Å². The summed E-state index contributed by atoms with van der Waals surface area (Å²) < 4.78 is 27.4. The lowest BCUT2D eigenvalue weighted by atomic mass is 10.0. The van der Waals surface area contributed by atoms with E-state index in [9.17, 15) is 8.42 Å². The fourth-order valence-electron chi connectivity index (χ4n) is 1.96. The molecular weight excluding hydrogens is 238 g/mol. The molecule has 0 atom stereocenters. The Kier molecular flexibility index (Phi) is 4.92. The first-order valence-corrected chi connectivity index (χ1v) is 7.43. The molecule has 0 aromatic heterocycles. The molecule has 98 valence electrons. The Bertz CT molecular complexity index is 378. The molecule has 0 N–H and O–H groups in total. The van der Waals surface area contributed by atoms with Crippen molar-refractivity contribution in [2.24, 2.45) is 5.92 Å². The second kappa shape index (κ2) is 5.80. The van der Waals surface area contributed by atoms with E-state index in [1.54, 1.807) is 13.8 Å². The SMILES string of the molecule is CC1CCN(S(=O)(=O)N(CC#N)C(C)C)CC1. The van der Waals surface area contributed by atoms with Crippen LogP contribution in [0.25, 0.3) is 0 Å². The Morgan fingerprint density at radius 2 is 1.94 bits per heavy atom. The molecule has 0 aromatic rings. The lowest BCUT2D eigenvalue weighted by Gasteiger charge is -2.34. The lowest BCUT2D eigenvalue weighted by molar-refractivity contribution is 0.259. The van der Waals surface area contributed by atoms with Gasteiger partial charge in [-0.1, -0.05) is 6.92 Å². The Morgan fingerprint density at radius 3 is 2.35 bits per heavy atom. The van der Waals surface area contributed by atoms with Crippen LogP contribution in [0, 0.1) is 17.2 Å². The first-order chi connectivity index (χ1) is 7.89. The van der Waals surface area contributed by atoms with Gasteiger partial charge in [0.15, 0.2) is 0 Å². The van der Waals surface area contributed by atoms with E-state index >= 15 is 0 Å². The van der Waals surface area contributed by atoms with Crippen molar-refractivity contribution in [2.45, 2.75) is 39.7 Å². The summed E-state index contributed by atoms with van der Waals surface area (Å²) in [6, 6.07) is 1.74. The molecule has 0 radical (unpaired) electrons. The smallest absolute Gasteiger partial charge is 0.197 e. The van der Waals surface area contributed by atoms with Gasteiger partial charge in [0.25, 0.3) is 10.2 Å². The fourth-order valence-corrected chi connectivity index (χ4v) is 3.69. The van der Waals surface area contributed by atoms with Crippen LogP contribution >= 0.6 is 0 Å². The molecule has 1 aliphatic heterocycles. The van der Waals surface area contributed by atoms with E-state index in [0.717, 1.165) is 12.8 Å². The average Bonchev–Trinajstić information content (AvgIpc) is 2.25. The number of hydrogen-bond donors (Lipinski definition) is 0.